The number of thioether (sulfide) groups is 1. The highest BCUT2D eigenvalue weighted by atomic mass is 32.2. The number of ether oxygens (including phenoxy) is 1. The van der Waals surface area contributed by atoms with E-state index in [1.165, 1.54) is 26.0 Å². The molecular weight excluding hydrogens is 408 g/mol. The van der Waals surface area contributed by atoms with Crippen LogP contribution in [0.5, 0.6) is 5.75 Å². The number of hydrogen-bond acceptors (Lipinski definition) is 8. The molecule has 152 valence electrons. The van der Waals surface area contributed by atoms with Gasteiger partial charge in [-0.25, -0.2) is 9.59 Å². The maximum atomic E-state index is 12.5. The zero-order chi connectivity index (χ0) is 21.3. The second kappa shape index (κ2) is 11.3. The van der Waals surface area contributed by atoms with Gasteiger partial charge >= 0.3 is 11.9 Å². The molecule has 2 unspecified atom stereocenters. The van der Waals surface area contributed by atoms with Crippen LogP contribution in [0, 0.1) is 0 Å². The monoisotopic (exact) mass is 428 g/mol. The van der Waals surface area contributed by atoms with Crippen molar-refractivity contribution in [2.45, 2.75) is 25.9 Å². The summed E-state index contributed by atoms with van der Waals surface area (Å²) >= 11 is 4.65. The molecule has 0 bridgehead atoms. The topological polar surface area (TPSA) is 139 Å². The van der Waals surface area contributed by atoms with Crippen LogP contribution in [0.3, 0.4) is 0 Å². The fourth-order valence-electron chi connectivity index (χ4n) is 1.99. The van der Waals surface area contributed by atoms with Crippen molar-refractivity contribution in [3.8, 4) is 5.75 Å². The second-order valence-corrected chi connectivity index (χ2v) is 6.90. The Bertz CT molecular complexity index is 770. The lowest BCUT2D eigenvalue weighted by molar-refractivity contribution is -0.140. The van der Waals surface area contributed by atoms with E-state index < -0.39 is 41.0 Å². The van der Waals surface area contributed by atoms with E-state index in [1.54, 1.807) is 12.1 Å². The summed E-state index contributed by atoms with van der Waals surface area (Å²) in [5.74, 6) is -3.28. The second-order valence-electron chi connectivity index (χ2n) is 5.54. The molecule has 9 nitrogen and oxygen atoms in total. The number of nitrogens with one attached hydrogen (secondary N) is 2. The van der Waals surface area contributed by atoms with Crippen molar-refractivity contribution < 1.29 is 33.8 Å². The number of aliphatic carboxylic acids is 1. The normalized spacial score (nSPS) is 12.4. The van der Waals surface area contributed by atoms with Gasteiger partial charge < -0.3 is 20.5 Å². The number of rotatable bonds is 9. The highest BCUT2D eigenvalue weighted by Crippen LogP contribution is 2.24. The Morgan fingerprint density at radius 1 is 1.07 bits per heavy atom. The van der Waals surface area contributed by atoms with Crippen molar-refractivity contribution in [3.63, 3.8) is 0 Å². The van der Waals surface area contributed by atoms with E-state index in [1.807, 2.05) is 0 Å². The van der Waals surface area contributed by atoms with Crippen LogP contribution in [0.2, 0.25) is 0 Å². The highest BCUT2D eigenvalue weighted by molar-refractivity contribution is 8.14. The smallest absolute Gasteiger partial charge is 0.334 e. The molecule has 2 amide bonds. The molecule has 0 spiro atoms. The van der Waals surface area contributed by atoms with E-state index in [0.29, 0.717) is 11.8 Å². The molecule has 0 heterocycles. The van der Waals surface area contributed by atoms with Crippen LogP contribution < -0.4 is 15.4 Å². The van der Waals surface area contributed by atoms with Crippen LogP contribution in [-0.4, -0.2) is 57.6 Å². The van der Waals surface area contributed by atoms with E-state index in [9.17, 15) is 24.0 Å². The van der Waals surface area contributed by atoms with Gasteiger partial charge in [0.05, 0.1) is 5.56 Å². The minimum absolute atomic E-state index is 0.000282. The molecule has 2 atom stereocenters. The first kappa shape index (κ1) is 23.5. The number of esters is 1. The summed E-state index contributed by atoms with van der Waals surface area (Å²) in [5, 5.41) is 13.2. The van der Waals surface area contributed by atoms with Crippen molar-refractivity contribution in [2.24, 2.45) is 0 Å². The van der Waals surface area contributed by atoms with Crippen molar-refractivity contribution in [2.75, 3.05) is 11.5 Å². The Morgan fingerprint density at radius 3 is 2.18 bits per heavy atom. The van der Waals surface area contributed by atoms with Crippen molar-refractivity contribution in [3.05, 3.63) is 29.8 Å². The van der Waals surface area contributed by atoms with Crippen molar-refractivity contribution in [1.29, 1.82) is 0 Å². The van der Waals surface area contributed by atoms with Crippen LogP contribution in [0.4, 0.5) is 0 Å². The summed E-state index contributed by atoms with van der Waals surface area (Å²) < 4.78 is 5.22. The molecule has 0 radical (unpaired) electrons. The number of hydrogen-bond donors (Lipinski definition) is 4. The van der Waals surface area contributed by atoms with Gasteiger partial charge in [0.2, 0.25) is 16.9 Å². The number of carboxylic acid groups (broad SMARTS) is 1. The molecule has 0 aliphatic carbocycles. The van der Waals surface area contributed by atoms with Gasteiger partial charge in [0.25, 0.3) is 0 Å². The quantitative estimate of drug-likeness (QED) is 0.253. The summed E-state index contributed by atoms with van der Waals surface area (Å²) in [4.78, 5) is 58.0. The first-order valence-electron chi connectivity index (χ1n) is 8.01. The predicted octanol–water partition coefficient (Wildman–Crippen LogP) is 0.489. The Hall–Kier alpha value is -2.53. The summed E-state index contributed by atoms with van der Waals surface area (Å²) in [6, 6.07) is 3.69. The molecule has 0 saturated carbocycles. The lowest BCUT2D eigenvalue weighted by Gasteiger charge is -2.16. The van der Waals surface area contributed by atoms with Crippen LogP contribution in [-0.2, 0) is 19.2 Å². The standard InChI is InChI=1S/C17H20N2O7S2/c1-9(20)18-12(7-27)16(24)26-14-6-4-3-5-11(14)17(25)28-8-13(15(22)23)19-10(2)21/h3-6,12-13,27H,7-8H2,1-2H3,(H,18,20)(H,19,21)(H,22,23). The maximum absolute atomic E-state index is 12.5. The Morgan fingerprint density at radius 2 is 1.64 bits per heavy atom. The first-order valence-corrected chi connectivity index (χ1v) is 9.63. The number of benzene rings is 1. The molecule has 0 aliphatic heterocycles. The zero-order valence-electron chi connectivity index (χ0n) is 15.1. The first-order chi connectivity index (χ1) is 13.1. The molecule has 1 rings (SSSR count). The van der Waals surface area contributed by atoms with Gasteiger partial charge in [-0.2, -0.15) is 12.6 Å². The van der Waals surface area contributed by atoms with Gasteiger partial charge in [-0.3, -0.25) is 14.4 Å². The fourth-order valence-corrected chi connectivity index (χ4v) is 3.09. The summed E-state index contributed by atoms with van der Waals surface area (Å²) in [6.45, 7) is 2.41. The third-order valence-electron chi connectivity index (χ3n) is 3.22. The van der Waals surface area contributed by atoms with E-state index in [4.69, 9.17) is 9.84 Å². The number of thiol groups is 1. The minimum Gasteiger partial charge on any atom is -0.480 e. The third-order valence-corrected chi connectivity index (χ3v) is 4.57. The van der Waals surface area contributed by atoms with Crippen LogP contribution >= 0.6 is 24.4 Å². The largest absolute Gasteiger partial charge is 0.480 e. The van der Waals surface area contributed by atoms with Crippen LogP contribution in [0.15, 0.2) is 24.3 Å². The number of carboxylic acids is 1. The Labute approximate surface area is 171 Å². The zero-order valence-corrected chi connectivity index (χ0v) is 16.8. The summed E-state index contributed by atoms with van der Waals surface area (Å²) in [6.07, 6.45) is 0. The molecule has 1 aromatic rings. The van der Waals surface area contributed by atoms with Gasteiger partial charge in [-0.1, -0.05) is 23.9 Å². The van der Waals surface area contributed by atoms with Gasteiger partial charge in [-0.05, 0) is 12.1 Å². The van der Waals surface area contributed by atoms with Gasteiger partial charge in [0.1, 0.15) is 17.8 Å². The number of amides is 2. The lowest BCUT2D eigenvalue weighted by atomic mass is 10.2. The molecule has 11 heteroatoms. The molecule has 0 aliphatic rings. The van der Waals surface area contributed by atoms with Gasteiger partial charge in [0.15, 0.2) is 0 Å². The average Bonchev–Trinajstić information content (AvgIpc) is 2.62. The fraction of sp³-hybridized carbons (Fsp3) is 0.353. The van der Waals surface area contributed by atoms with E-state index in [2.05, 4.69) is 23.3 Å². The molecule has 1 aromatic carbocycles. The molecule has 0 saturated heterocycles. The number of carbonyl (C=O) groups is 5. The molecule has 28 heavy (non-hydrogen) atoms. The van der Waals surface area contributed by atoms with Gasteiger partial charge in [0, 0.05) is 25.4 Å². The minimum atomic E-state index is -1.28. The van der Waals surface area contributed by atoms with E-state index >= 15 is 0 Å². The SMILES string of the molecule is CC(=O)NC(CSC(=O)c1ccccc1OC(=O)C(CS)NC(C)=O)C(=O)O. The molecule has 0 fully saturated rings. The lowest BCUT2D eigenvalue weighted by Crippen LogP contribution is -2.43. The predicted molar refractivity (Wildman–Crippen MR) is 106 cm³/mol. The van der Waals surface area contributed by atoms with E-state index in [-0.39, 0.29) is 22.8 Å². The van der Waals surface area contributed by atoms with Crippen molar-refractivity contribution >= 4 is 53.3 Å². The maximum Gasteiger partial charge on any atom is 0.334 e. The van der Waals surface area contributed by atoms with Crippen LogP contribution in [0.1, 0.15) is 24.2 Å². The summed E-state index contributed by atoms with van der Waals surface area (Å²) in [5.41, 5.74) is 0.0496. The summed E-state index contributed by atoms with van der Waals surface area (Å²) in [7, 11) is 0. The molecule has 0 aromatic heterocycles. The van der Waals surface area contributed by atoms with Gasteiger partial charge in [-0.15, -0.1) is 0 Å². The molecular formula is C17H20N2O7S2. The third kappa shape index (κ3) is 7.61. The molecule has 3 N–H and O–H groups in total. The van der Waals surface area contributed by atoms with Crippen molar-refractivity contribution in [1.82, 2.24) is 10.6 Å². The van der Waals surface area contributed by atoms with Crippen LogP contribution in [0.25, 0.3) is 0 Å². The number of carbonyl (C=O) groups excluding carboxylic acids is 4. The Balaban J connectivity index is 2.88. The van der Waals surface area contributed by atoms with E-state index in [0.717, 1.165) is 0 Å². The highest BCUT2D eigenvalue weighted by Gasteiger charge is 2.24. The Kier molecular flexibility index (Phi) is 9.52. The number of para-hydroxylation sites is 1. The average molecular weight is 428 g/mol.